The van der Waals surface area contributed by atoms with Gasteiger partial charge in [-0.1, -0.05) is 11.6 Å². The van der Waals surface area contributed by atoms with Gasteiger partial charge in [0.1, 0.15) is 0 Å². The maximum atomic E-state index is 9.08. The van der Waals surface area contributed by atoms with E-state index >= 15 is 0 Å². The third kappa shape index (κ3) is 2.72. The normalized spacial score (nSPS) is 10.8. The zero-order valence-corrected chi connectivity index (χ0v) is 10.6. The Morgan fingerprint density at radius 2 is 1.83 bits per heavy atom. The first-order valence-electron chi connectivity index (χ1n) is 5.77. The van der Waals surface area contributed by atoms with Gasteiger partial charge in [0.2, 0.25) is 0 Å². The van der Waals surface area contributed by atoms with Crippen molar-refractivity contribution in [2.24, 2.45) is 0 Å². The van der Waals surface area contributed by atoms with Gasteiger partial charge in [-0.05, 0) is 24.3 Å². The van der Waals surface area contributed by atoms with E-state index in [4.69, 9.17) is 21.8 Å². The van der Waals surface area contributed by atoms with Crippen molar-refractivity contribution in [1.82, 2.24) is 4.98 Å². The molecule has 0 saturated carbocycles. The first kappa shape index (κ1) is 13.1. The molecule has 0 amide bonds. The van der Waals surface area contributed by atoms with Crippen LogP contribution in [0.15, 0.2) is 30.5 Å². The molecule has 2 rings (SSSR count). The van der Waals surface area contributed by atoms with Crippen molar-refractivity contribution < 1.29 is 10.2 Å². The van der Waals surface area contributed by atoms with Gasteiger partial charge in [0, 0.05) is 35.4 Å². The van der Waals surface area contributed by atoms with Gasteiger partial charge in [0.25, 0.3) is 0 Å². The highest BCUT2D eigenvalue weighted by atomic mass is 35.5. The number of fused-ring (bicyclic) bond motifs is 1. The third-order valence-corrected chi connectivity index (χ3v) is 3.00. The molecule has 0 atom stereocenters. The Labute approximate surface area is 110 Å². The van der Waals surface area contributed by atoms with Gasteiger partial charge >= 0.3 is 0 Å². The van der Waals surface area contributed by atoms with E-state index in [2.05, 4.69) is 4.98 Å². The number of halogens is 1. The van der Waals surface area contributed by atoms with Crippen molar-refractivity contribution in [1.29, 1.82) is 0 Å². The van der Waals surface area contributed by atoms with Crippen molar-refractivity contribution in [2.45, 2.75) is 0 Å². The molecule has 0 unspecified atom stereocenters. The number of anilines is 1. The van der Waals surface area contributed by atoms with Gasteiger partial charge < -0.3 is 15.1 Å². The van der Waals surface area contributed by atoms with Crippen LogP contribution in [0.3, 0.4) is 0 Å². The number of aliphatic hydroxyl groups is 2. The summed E-state index contributed by atoms with van der Waals surface area (Å²) in [7, 11) is 0. The Bertz CT molecular complexity index is 527. The molecule has 4 nitrogen and oxygen atoms in total. The minimum atomic E-state index is 0.0391. The first-order valence-corrected chi connectivity index (χ1v) is 6.15. The molecule has 5 heteroatoms. The van der Waals surface area contributed by atoms with E-state index in [1.165, 1.54) is 0 Å². The Morgan fingerprint density at radius 3 is 2.50 bits per heavy atom. The molecule has 1 aromatic carbocycles. The Balaban J connectivity index is 2.48. The standard InChI is InChI=1S/C13H15ClN2O2/c14-10-1-2-11-12(9-10)15-4-3-13(11)16(5-7-17)6-8-18/h1-4,9,17-18H,5-8H2. The van der Waals surface area contributed by atoms with Crippen LogP contribution in [0, 0.1) is 0 Å². The lowest BCUT2D eigenvalue weighted by atomic mass is 10.1. The molecule has 0 saturated heterocycles. The van der Waals surface area contributed by atoms with Crippen LogP contribution in [0.1, 0.15) is 0 Å². The quantitative estimate of drug-likeness (QED) is 0.865. The highest BCUT2D eigenvalue weighted by Gasteiger charge is 2.10. The summed E-state index contributed by atoms with van der Waals surface area (Å²) in [6, 6.07) is 7.39. The van der Waals surface area contributed by atoms with Gasteiger partial charge in [-0.3, -0.25) is 4.98 Å². The molecule has 0 aliphatic heterocycles. The molecule has 18 heavy (non-hydrogen) atoms. The SMILES string of the molecule is OCCN(CCO)c1ccnc2cc(Cl)ccc12. The van der Waals surface area contributed by atoms with Crippen LogP contribution in [0.4, 0.5) is 5.69 Å². The number of rotatable bonds is 5. The predicted octanol–water partition coefficient (Wildman–Crippen LogP) is 1.68. The molecule has 2 aromatic rings. The summed E-state index contributed by atoms with van der Waals surface area (Å²) in [5.74, 6) is 0. The van der Waals surface area contributed by atoms with Crippen molar-refractivity contribution >= 4 is 28.2 Å². The van der Waals surface area contributed by atoms with Crippen molar-refractivity contribution in [3.8, 4) is 0 Å². The van der Waals surface area contributed by atoms with E-state index < -0.39 is 0 Å². The molecule has 0 radical (unpaired) electrons. The van der Waals surface area contributed by atoms with Crippen LogP contribution >= 0.6 is 11.6 Å². The molecular weight excluding hydrogens is 252 g/mol. The first-order chi connectivity index (χ1) is 8.76. The van der Waals surface area contributed by atoms with E-state index in [0.717, 1.165) is 16.6 Å². The van der Waals surface area contributed by atoms with Crippen LogP contribution in [0.2, 0.25) is 5.02 Å². The lowest BCUT2D eigenvalue weighted by molar-refractivity contribution is 0.281. The number of benzene rings is 1. The molecular formula is C13H15ClN2O2. The van der Waals surface area contributed by atoms with Crippen LogP contribution in [0.25, 0.3) is 10.9 Å². The summed E-state index contributed by atoms with van der Waals surface area (Å²) in [6.45, 7) is 1.03. The summed E-state index contributed by atoms with van der Waals surface area (Å²) in [4.78, 5) is 6.20. The predicted molar refractivity (Wildman–Crippen MR) is 73.1 cm³/mol. The number of pyridine rings is 1. The topological polar surface area (TPSA) is 56.6 Å². The fourth-order valence-electron chi connectivity index (χ4n) is 1.98. The second kappa shape index (κ2) is 6.00. The number of hydrogen-bond acceptors (Lipinski definition) is 4. The zero-order valence-electron chi connectivity index (χ0n) is 9.88. The molecule has 1 aromatic heterocycles. The maximum absolute atomic E-state index is 9.08. The van der Waals surface area contributed by atoms with E-state index in [0.29, 0.717) is 18.1 Å². The van der Waals surface area contributed by atoms with E-state index in [-0.39, 0.29) is 13.2 Å². The highest BCUT2D eigenvalue weighted by Crippen LogP contribution is 2.27. The Morgan fingerprint density at radius 1 is 1.11 bits per heavy atom. The van der Waals surface area contributed by atoms with Gasteiger partial charge in [-0.2, -0.15) is 0 Å². The van der Waals surface area contributed by atoms with Crippen LogP contribution < -0.4 is 4.90 Å². The average Bonchev–Trinajstić information content (AvgIpc) is 2.37. The Kier molecular flexibility index (Phi) is 4.36. The largest absolute Gasteiger partial charge is 0.395 e. The van der Waals surface area contributed by atoms with Gasteiger partial charge in [-0.25, -0.2) is 0 Å². The summed E-state index contributed by atoms with van der Waals surface area (Å²) in [5, 5.41) is 19.8. The van der Waals surface area contributed by atoms with Gasteiger partial charge in [-0.15, -0.1) is 0 Å². The second-order valence-corrected chi connectivity index (χ2v) is 4.36. The molecule has 0 bridgehead atoms. The summed E-state index contributed by atoms with van der Waals surface area (Å²) in [6.07, 6.45) is 1.70. The molecule has 2 N–H and O–H groups in total. The fourth-order valence-corrected chi connectivity index (χ4v) is 2.14. The number of hydrogen-bond donors (Lipinski definition) is 2. The zero-order chi connectivity index (χ0) is 13.0. The molecule has 0 fully saturated rings. The van der Waals surface area contributed by atoms with E-state index in [1.807, 2.05) is 23.1 Å². The number of aliphatic hydroxyl groups excluding tert-OH is 2. The summed E-state index contributed by atoms with van der Waals surface area (Å²) in [5.41, 5.74) is 1.75. The average molecular weight is 267 g/mol. The monoisotopic (exact) mass is 266 g/mol. The van der Waals surface area contributed by atoms with Gasteiger partial charge in [0.15, 0.2) is 0 Å². The fraction of sp³-hybridized carbons (Fsp3) is 0.308. The van der Waals surface area contributed by atoms with Crippen LogP contribution in [0.5, 0.6) is 0 Å². The van der Waals surface area contributed by atoms with E-state index in [1.54, 1.807) is 12.3 Å². The van der Waals surface area contributed by atoms with Crippen molar-refractivity contribution in [3.05, 3.63) is 35.5 Å². The minimum Gasteiger partial charge on any atom is -0.395 e. The lowest BCUT2D eigenvalue weighted by Crippen LogP contribution is -2.29. The number of aromatic nitrogens is 1. The number of nitrogens with zero attached hydrogens (tertiary/aromatic N) is 2. The smallest absolute Gasteiger partial charge is 0.0737 e. The molecule has 0 aliphatic carbocycles. The van der Waals surface area contributed by atoms with Gasteiger partial charge in [0.05, 0.1) is 18.7 Å². The molecule has 1 heterocycles. The van der Waals surface area contributed by atoms with Crippen molar-refractivity contribution in [2.75, 3.05) is 31.2 Å². The Hall–Kier alpha value is -1.36. The lowest BCUT2D eigenvalue weighted by Gasteiger charge is -2.24. The molecule has 0 spiro atoms. The second-order valence-electron chi connectivity index (χ2n) is 3.93. The van der Waals surface area contributed by atoms with E-state index in [9.17, 15) is 0 Å². The van der Waals surface area contributed by atoms with Crippen LogP contribution in [-0.2, 0) is 0 Å². The maximum Gasteiger partial charge on any atom is 0.0737 e. The highest BCUT2D eigenvalue weighted by molar-refractivity contribution is 6.31. The third-order valence-electron chi connectivity index (χ3n) is 2.76. The van der Waals surface area contributed by atoms with Crippen molar-refractivity contribution in [3.63, 3.8) is 0 Å². The summed E-state index contributed by atoms with van der Waals surface area (Å²) < 4.78 is 0. The van der Waals surface area contributed by atoms with Crippen LogP contribution in [-0.4, -0.2) is 41.5 Å². The molecule has 0 aliphatic rings. The minimum absolute atomic E-state index is 0.0391. The molecule has 96 valence electrons. The summed E-state index contributed by atoms with van der Waals surface area (Å²) >= 11 is 5.94.